The molecule has 31 heavy (non-hydrogen) atoms. The summed E-state index contributed by atoms with van der Waals surface area (Å²) < 4.78 is 40.0. The molecule has 0 N–H and O–H groups in total. The molecule has 2 nitrogen and oxygen atoms in total. The van der Waals surface area contributed by atoms with Crippen LogP contribution in [0.5, 0.6) is 0 Å². The van der Waals surface area contributed by atoms with E-state index in [0.29, 0.717) is 6.42 Å². The lowest BCUT2D eigenvalue weighted by molar-refractivity contribution is -0.199. The van der Waals surface area contributed by atoms with Crippen molar-refractivity contribution >= 4 is 5.97 Å². The van der Waals surface area contributed by atoms with E-state index in [1.165, 1.54) is 116 Å². The molecule has 0 aliphatic carbocycles. The van der Waals surface area contributed by atoms with Gasteiger partial charge < -0.3 is 4.74 Å². The van der Waals surface area contributed by atoms with Gasteiger partial charge in [-0.15, -0.1) is 0 Å². The lowest BCUT2D eigenvalue weighted by Gasteiger charge is -2.07. The lowest BCUT2D eigenvalue weighted by Crippen LogP contribution is -2.25. The fourth-order valence-electron chi connectivity index (χ4n) is 3.96. The molecule has 0 bridgehead atoms. The first-order chi connectivity index (χ1) is 15.0. The Balaban J connectivity index is 3.09. The molecular formula is C26H49F3O2. The summed E-state index contributed by atoms with van der Waals surface area (Å²) in [6, 6.07) is 0. The molecular weight excluding hydrogens is 401 g/mol. The summed E-state index contributed by atoms with van der Waals surface area (Å²) >= 11 is 0. The smallest absolute Gasteiger partial charge is 0.459 e. The highest BCUT2D eigenvalue weighted by Crippen LogP contribution is 2.17. The number of ether oxygens (including phenoxy) is 1. The molecule has 0 heterocycles. The third-order valence-electron chi connectivity index (χ3n) is 5.96. The Hall–Kier alpha value is -0.740. The normalized spacial score (nSPS) is 11.7. The van der Waals surface area contributed by atoms with E-state index in [9.17, 15) is 18.0 Å². The van der Waals surface area contributed by atoms with E-state index in [-0.39, 0.29) is 6.61 Å². The summed E-state index contributed by atoms with van der Waals surface area (Å²) in [5, 5.41) is 0. The Morgan fingerprint density at radius 3 is 1.03 bits per heavy atom. The van der Waals surface area contributed by atoms with E-state index in [1.807, 2.05) is 0 Å². The fraction of sp³-hybridized carbons (Fsp3) is 0.962. The first kappa shape index (κ1) is 30.3. The van der Waals surface area contributed by atoms with E-state index < -0.39 is 12.1 Å². The van der Waals surface area contributed by atoms with Crippen LogP contribution in [0.25, 0.3) is 0 Å². The maximum atomic E-state index is 11.9. The number of esters is 1. The van der Waals surface area contributed by atoms with Gasteiger partial charge in [0.2, 0.25) is 0 Å². The predicted octanol–water partition coefficient (Wildman–Crippen LogP) is 9.69. The second kappa shape index (κ2) is 22.5. The number of halogens is 3. The Bertz CT molecular complexity index is 383. The Kier molecular flexibility index (Phi) is 21.9. The van der Waals surface area contributed by atoms with E-state index in [2.05, 4.69) is 11.7 Å². The summed E-state index contributed by atoms with van der Waals surface area (Å²) in [6.07, 6.45) is 23.3. The van der Waals surface area contributed by atoms with Crippen molar-refractivity contribution in [3.05, 3.63) is 0 Å². The SMILES string of the molecule is CCCCCCCCCCCCCCCCCCCCCCCCOC(=O)C(F)(F)F. The number of unbranched alkanes of at least 4 members (excludes halogenated alkanes) is 21. The lowest BCUT2D eigenvalue weighted by atomic mass is 10.0. The van der Waals surface area contributed by atoms with Gasteiger partial charge in [0, 0.05) is 0 Å². The zero-order valence-electron chi connectivity index (χ0n) is 20.2. The number of alkyl halides is 3. The van der Waals surface area contributed by atoms with E-state index in [4.69, 9.17) is 0 Å². The summed E-state index contributed by atoms with van der Waals surface area (Å²) in [7, 11) is 0. The molecule has 0 atom stereocenters. The molecule has 0 saturated carbocycles. The average Bonchev–Trinajstić information content (AvgIpc) is 2.73. The highest BCUT2D eigenvalue weighted by atomic mass is 19.4. The number of carbonyl (C=O) groups is 1. The van der Waals surface area contributed by atoms with Crippen molar-refractivity contribution in [3.8, 4) is 0 Å². The Labute approximate surface area is 190 Å². The molecule has 0 aliphatic rings. The molecule has 0 aromatic carbocycles. The van der Waals surface area contributed by atoms with Crippen LogP contribution < -0.4 is 0 Å². The molecule has 0 aromatic rings. The van der Waals surface area contributed by atoms with Gasteiger partial charge >= 0.3 is 12.1 Å². The van der Waals surface area contributed by atoms with Crippen LogP contribution in [0.2, 0.25) is 0 Å². The minimum absolute atomic E-state index is 0.128. The first-order valence-electron chi connectivity index (χ1n) is 13.2. The van der Waals surface area contributed by atoms with Gasteiger partial charge in [-0.25, -0.2) is 4.79 Å². The van der Waals surface area contributed by atoms with Gasteiger partial charge in [-0.1, -0.05) is 142 Å². The van der Waals surface area contributed by atoms with Crippen molar-refractivity contribution in [1.29, 1.82) is 0 Å². The van der Waals surface area contributed by atoms with Crippen molar-refractivity contribution < 1.29 is 22.7 Å². The molecule has 0 aromatic heterocycles. The minimum atomic E-state index is -4.87. The first-order valence-corrected chi connectivity index (χ1v) is 13.2. The maximum Gasteiger partial charge on any atom is 0.490 e. The summed E-state index contributed by atoms with van der Waals surface area (Å²) in [6.45, 7) is 2.14. The van der Waals surface area contributed by atoms with Crippen LogP contribution >= 0.6 is 0 Å². The highest BCUT2D eigenvalue weighted by Gasteiger charge is 2.40. The summed E-state index contributed by atoms with van der Waals surface area (Å²) in [5.41, 5.74) is 0. The van der Waals surface area contributed by atoms with E-state index in [0.717, 1.165) is 19.3 Å². The van der Waals surface area contributed by atoms with E-state index in [1.54, 1.807) is 0 Å². The predicted molar refractivity (Wildman–Crippen MR) is 124 cm³/mol. The van der Waals surface area contributed by atoms with Crippen molar-refractivity contribution in [2.45, 2.75) is 154 Å². The van der Waals surface area contributed by atoms with Crippen LogP contribution in [0.1, 0.15) is 148 Å². The van der Waals surface area contributed by atoms with Crippen molar-refractivity contribution in [1.82, 2.24) is 0 Å². The van der Waals surface area contributed by atoms with Gasteiger partial charge in [0.05, 0.1) is 6.61 Å². The van der Waals surface area contributed by atoms with Crippen LogP contribution in [0, 0.1) is 0 Å². The van der Waals surface area contributed by atoms with Crippen LogP contribution in [-0.4, -0.2) is 18.8 Å². The number of carbonyl (C=O) groups excluding carboxylic acids is 1. The van der Waals surface area contributed by atoms with E-state index >= 15 is 0 Å². The molecule has 0 unspecified atom stereocenters. The second-order valence-corrected chi connectivity index (χ2v) is 9.06. The van der Waals surface area contributed by atoms with Crippen LogP contribution in [0.15, 0.2) is 0 Å². The minimum Gasteiger partial charge on any atom is -0.459 e. The van der Waals surface area contributed by atoms with Gasteiger partial charge in [-0.05, 0) is 6.42 Å². The van der Waals surface area contributed by atoms with Gasteiger partial charge in [0.15, 0.2) is 0 Å². The number of hydrogen-bond donors (Lipinski definition) is 0. The molecule has 0 radical (unpaired) electrons. The average molecular weight is 451 g/mol. The van der Waals surface area contributed by atoms with Gasteiger partial charge in [-0.3, -0.25) is 0 Å². The fourth-order valence-corrected chi connectivity index (χ4v) is 3.96. The van der Waals surface area contributed by atoms with Crippen molar-refractivity contribution in [2.24, 2.45) is 0 Å². The van der Waals surface area contributed by atoms with Gasteiger partial charge in [0.25, 0.3) is 0 Å². The molecule has 5 heteroatoms. The topological polar surface area (TPSA) is 26.3 Å². The zero-order valence-corrected chi connectivity index (χ0v) is 20.2. The molecule has 0 rings (SSSR count). The monoisotopic (exact) mass is 450 g/mol. The van der Waals surface area contributed by atoms with Gasteiger partial charge in [-0.2, -0.15) is 13.2 Å². The second-order valence-electron chi connectivity index (χ2n) is 9.06. The maximum absolute atomic E-state index is 11.9. The third-order valence-corrected chi connectivity index (χ3v) is 5.96. The van der Waals surface area contributed by atoms with Crippen LogP contribution in [0.3, 0.4) is 0 Å². The molecule has 0 aliphatic heterocycles. The van der Waals surface area contributed by atoms with Gasteiger partial charge in [0.1, 0.15) is 0 Å². The molecule has 0 amide bonds. The molecule has 0 saturated heterocycles. The van der Waals surface area contributed by atoms with Crippen molar-refractivity contribution in [2.75, 3.05) is 6.61 Å². The Morgan fingerprint density at radius 2 is 0.774 bits per heavy atom. The quantitative estimate of drug-likeness (QED) is 0.114. The third kappa shape index (κ3) is 23.7. The largest absolute Gasteiger partial charge is 0.490 e. The standard InChI is InChI=1S/C26H49F3O2/c1-2-3-4-5-6-7-8-9-10-11-12-13-14-15-16-17-18-19-20-21-22-23-24-31-25(30)26(27,28)29/h2-24H2,1H3. The number of rotatable bonds is 23. The highest BCUT2D eigenvalue weighted by molar-refractivity contribution is 5.75. The molecule has 0 spiro atoms. The van der Waals surface area contributed by atoms with Crippen LogP contribution in [-0.2, 0) is 9.53 Å². The zero-order chi connectivity index (χ0) is 23.0. The summed E-state index contributed by atoms with van der Waals surface area (Å²) in [5.74, 6) is -2.07. The molecule has 0 fully saturated rings. The van der Waals surface area contributed by atoms with Crippen molar-refractivity contribution in [3.63, 3.8) is 0 Å². The Morgan fingerprint density at radius 1 is 0.516 bits per heavy atom. The molecule has 186 valence electrons. The summed E-state index contributed by atoms with van der Waals surface area (Å²) in [4.78, 5) is 10.5. The number of hydrogen-bond acceptors (Lipinski definition) is 2. The van der Waals surface area contributed by atoms with Crippen LogP contribution in [0.4, 0.5) is 13.2 Å².